The number of nitrogens with one attached hydrogen (secondary N) is 1. The van der Waals surface area contributed by atoms with Crippen molar-refractivity contribution in [1.29, 1.82) is 0 Å². The molecule has 0 aromatic heterocycles. The molecule has 6 nitrogen and oxygen atoms in total. The number of hydrogen-bond acceptors (Lipinski definition) is 4. The van der Waals surface area contributed by atoms with Gasteiger partial charge in [-0.05, 0) is 47.5 Å². The van der Waals surface area contributed by atoms with Crippen LogP contribution < -0.4 is 11.1 Å². The van der Waals surface area contributed by atoms with Crippen molar-refractivity contribution < 1.29 is 14.3 Å². The molecule has 0 atom stereocenters. The summed E-state index contributed by atoms with van der Waals surface area (Å²) >= 11 is 0. The molecule has 0 aromatic rings. The van der Waals surface area contributed by atoms with E-state index < -0.39 is 11.0 Å². The fourth-order valence-corrected chi connectivity index (χ4v) is 2.08. The second-order valence-corrected chi connectivity index (χ2v) is 7.37. The van der Waals surface area contributed by atoms with Gasteiger partial charge in [0.05, 0.1) is 5.41 Å². The number of nitrogens with two attached hydrogens (primary N) is 1. The molecule has 0 bridgehead atoms. The molecule has 1 fully saturated rings. The van der Waals surface area contributed by atoms with Gasteiger partial charge in [0.25, 0.3) is 0 Å². The van der Waals surface area contributed by atoms with E-state index in [1.54, 1.807) is 4.90 Å². The number of carbonyl (C=O) groups is 2. The Morgan fingerprint density at radius 1 is 1.19 bits per heavy atom. The van der Waals surface area contributed by atoms with E-state index in [-0.39, 0.29) is 12.0 Å². The van der Waals surface area contributed by atoms with E-state index in [0.717, 1.165) is 12.8 Å². The van der Waals surface area contributed by atoms with E-state index in [0.29, 0.717) is 25.7 Å². The second-order valence-electron chi connectivity index (χ2n) is 7.37. The van der Waals surface area contributed by atoms with Crippen molar-refractivity contribution in [2.24, 2.45) is 11.1 Å². The van der Waals surface area contributed by atoms with Crippen molar-refractivity contribution in [2.45, 2.75) is 59.1 Å². The number of ether oxygens (including phenoxy) is 1. The highest BCUT2D eigenvalue weighted by molar-refractivity contribution is 5.80. The minimum absolute atomic E-state index is 0.251. The minimum atomic E-state index is -0.553. The van der Waals surface area contributed by atoms with Crippen LogP contribution in [0.4, 0.5) is 4.79 Å². The Balaban J connectivity index is 2.36. The van der Waals surface area contributed by atoms with E-state index >= 15 is 0 Å². The van der Waals surface area contributed by atoms with Gasteiger partial charge in [-0.1, -0.05) is 0 Å². The second kappa shape index (κ2) is 6.64. The van der Waals surface area contributed by atoms with Gasteiger partial charge in [0.1, 0.15) is 5.60 Å². The molecule has 1 saturated heterocycles. The van der Waals surface area contributed by atoms with Gasteiger partial charge in [0.2, 0.25) is 5.91 Å². The van der Waals surface area contributed by atoms with E-state index in [1.807, 2.05) is 34.6 Å². The smallest absolute Gasteiger partial charge is 0.410 e. The van der Waals surface area contributed by atoms with Crippen LogP contribution in [0.15, 0.2) is 0 Å². The summed E-state index contributed by atoms with van der Waals surface area (Å²) in [4.78, 5) is 25.0. The molecule has 21 heavy (non-hydrogen) atoms. The average molecular weight is 299 g/mol. The fraction of sp³-hybridized carbons (Fsp3) is 0.867. The molecule has 0 radical (unpaired) electrons. The highest BCUT2D eigenvalue weighted by Gasteiger charge is 2.29. The molecule has 122 valence electrons. The first-order valence-electron chi connectivity index (χ1n) is 7.52. The van der Waals surface area contributed by atoms with Crippen LogP contribution >= 0.6 is 0 Å². The van der Waals surface area contributed by atoms with Crippen molar-refractivity contribution >= 4 is 12.0 Å². The summed E-state index contributed by atoms with van der Waals surface area (Å²) in [6, 6.07) is 0.308. The summed E-state index contributed by atoms with van der Waals surface area (Å²) in [5, 5.41) is 3.37. The fourth-order valence-electron chi connectivity index (χ4n) is 2.08. The van der Waals surface area contributed by atoms with Crippen molar-refractivity contribution in [3.63, 3.8) is 0 Å². The van der Waals surface area contributed by atoms with Gasteiger partial charge in [0, 0.05) is 25.7 Å². The number of nitrogens with zero attached hydrogens (tertiary/aromatic N) is 1. The van der Waals surface area contributed by atoms with Crippen molar-refractivity contribution in [3.05, 3.63) is 0 Å². The molecule has 1 aliphatic heterocycles. The highest BCUT2D eigenvalue weighted by Crippen LogP contribution is 2.17. The molecule has 1 rings (SSSR count). The van der Waals surface area contributed by atoms with Crippen LogP contribution in [-0.2, 0) is 9.53 Å². The Kier molecular flexibility index (Phi) is 5.61. The van der Waals surface area contributed by atoms with Crippen molar-refractivity contribution in [2.75, 3.05) is 19.6 Å². The van der Waals surface area contributed by atoms with E-state index in [4.69, 9.17) is 10.5 Å². The average Bonchev–Trinajstić information content (AvgIpc) is 2.35. The third-order valence-corrected chi connectivity index (χ3v) is 3.65. The summed E-state index contributed by atoms with van der Waals surface area (Å²) in [6.07, 6.45) is 1.46. The van der Waals surface area contributed by atoms with Crippen LogP contribution in [0.1, 0.15) is 47.5 Å². The SMILES string of the molecule is CC(C)(C)OC(=O)N1CCC(NCC(C)(C)C(N)=O)CC1. The highest BCUT2D eigenvalue weighted by atomic mass is 16.6. The number of amides is 2. The molecule has 0 aliphatic carbocycles. The van der Waals surface area contributed by atoms with Gasteiger partial charge in [-0.25, -0.2) is 4.79 Å². The first-order valence-corrected chi connectivity index (χ1v) is 7.52. The van der Waals surface area contributed by atoms with E-state index in [2.05, 4.69) is 5.32 Å². The standard InChI is InChI=1S/C15H29N3O3/c1-14(2,3)21-13(20)18-8-6-11(7-9-18)17-10-15(4,5)12(16)19/h11,17H,6-10H2,1-5H3,(H2,16,19). The van der Waals surface area contributed by atoms with Crippen LogP contribution in [-0.4, -0.2) is 48.2 Å². The van der Waals surface area contributed by atoms with Crippen LogP contribution in [0.25, 0.3) is 0 Å². The topological polar surface area (TPSA) is 84.7 Å². The number of carbonyl (C=O) groups excluding carboxylic acids is 2. The predicted molar refractivity (Wildman–Crippen MR) is 81.8 cm³/mol. The van der Waals surface area contributed by atoms with E-state index in [9.17, 15) is 9.59 Å². The lowest BCUT2D eigenvalue weighted by molar-refractivity contribution is -0.125. The molecule has 1 heterocycles. The van der Waals surface area contributed by atoms with Crippen molar-refractivity contribution in [3.8, 4) is 0 Å². The maximum atomic E-state index is 11.9. The maximum absolute atomic E-state index is 11.9. The molecule has 0 unspecified atom stereocenters. The van der Waals surface area contributed by atoms with Crippen molar-refractivity contribution in [1.82, 2.24) is 10.2 Å². The molecule has 0 spiro atoms. The van der Waals surface area contributed by atoms with E-state index in [1.165, 1.54) is 0 Å². The van der Waals surface area contributed by atoms with Gasteiger partial charge >= 0.3 is 6.09 Å². The molecule has 1 aliphatic rings. The predicted octanol–water partition coefficient (Wildman–Crippen LogP) is 1.49. The maximum Gasteiger partial charge on any atom is 0.410 e. The Hall–Kier alpha value is -1.30. The Bertz CT molecular complexity index is 380. The number of primary amides is 1. The zero-order valence-electron chi connectivity index (χ0n) is 13.9. The van der Waals surface area contributed by atoms with Crippen LogP contribution in [0, 0.1) is 5.41 Å². The molecular weight excluding hydrogens is 270 g/mol. The minimum Gasteiger partial charge on any atom is -0.444 e. The molecule has 6 heteroatoms. The molecule has 3 N–H and O–H groups in total. The third-order valence-electron chi connectivity index (χ3n) is 3.65. The molecule has 0 saturated carbocycles. The lowest BCUT2D eigenvalue weighted by Gasteiger charge is -2.35. The van der Waals surface area contributed by atoms with Gasteiger partial charge < -0.3 is 20.7 Å². The Labute approximate surface area is 127 Å². The summed E-state index contributed by atoms with van der Waals surface area (Å²) in [5.41, 5.74) is 4.34. The lowest BCUT2D eigenvalue weighted by atomic mass is 9.91. The van der Waals surface area contributed by atoms with Gasteiger partial charge in [0.15, 0.2) is 0 Å². The number of rotatable bonds is 4. The van der Waals surface area contributed by atoms with Gasteiger partial charge in [-0.2, -0.15) is 0 Å². The zero-order valence-corrected chi connectivity index (χ0v) is 13.9. The molecular formula is C15H29N3O3. The van der Waals surface area contributed by atoms with Gasteiger partial charge in [-0.3, -0.25) is 4.79 Å². The van der Waals surface area contributed by atoms with Crippen LogP contribution in [0.3, 0.4) is 0 Å². The van der Waals surface area contributed by atoms with Crippen LogP contribution in [0.2, 0.25) is 0 Å². The third kappa shape index (κ3) is 5.91. The summed E-state index contributed by atoms with van der Waals surface area (Å²) in [7, 11) is 0. The number of likely N-dealkylation sites (tertiary alicyclic amines) is 1. The number of hydrogen-bond donors (Lipinski definition) is 2. The normalized spacial score (nSPS) is 17.7. The Morgan fingerprint density at radius 2 is 1.71 bits per heavy atom. The summed E-state index contributed by atoms with van der Waals surface area (Å²) in [5.74, 6) is -0.304. The zero-order chi connectivity index (χ0) is 16.3. The monoisotopic (exact) mass is 299 g/mol. The summed E-state index contributed by atoms with van der Waals surface area (Å²) in [6.45, 7) is 11.2. The summed E-state index contributed by atoms with van der Waals surface area (Å²) < 4.78 is 5.36. The lowest BCUT2D eigenvalue weighted by Crippen LogP contribution is -2.49. The quantitative estimate of drug-likeness (QED) is 0.823. The van der Waals surface area contributed by atoms with Gasteiger partial charge in [-0.15, -0.1) is 0 Å². The first kappa shape index (κ1) is 17.8. The largest absolute Gasteiger partial charge is 0.444 e. The number of piperidine rings is 1. The molecule has 0 aromatic carbocycles. The first-order chi connectivity index (χ1) is 9.51. The molecule has 2 amide bonds. The Morgan fingerprint density at radius 3 is 2.14 bits per heavy atom. The van der Waals surface area contributed by atoms with Crippen LogP contribution in [0.5, 0.6) is 0 Å².